The topological polar surface area (TPSA) is 70.2 Å². The molecule has 0 bridgehead atoms. The van der Waals surface area contributed by atoms with Gasteiger partial charge in [-0.2, -0.15) is 0 Å². The van der Waals surface area contributed by atoms with E-state index < -0.39 is 5.54 Å². The van der Waals surface area contributed by atoms with Crippen molar-refractivity contribution < 1.29 is 9.59 Å². The van der Waals surface area contributed by atoms with Gasteiger partial charge in [0.2, 0.25) is 5.91 Å². The molecule has 0 aliphatic heterocycles. The van der Waals surface area contributed by atoms with Crippen LogP contribution in [0.2, 0.25) is 0 Å². The summed E-state index contributed by atoms with van der Waals surface area (Å²) in [6.45, 7) is 1.99. The van der Waals surface area contributed by atoms with E-state index in [-0.39, 0.29) is 11.9 Å². The zero-order chi connectivity index (χ0) is 18.4. The molecule has 0 aromatic heterocycles. The number of para-hydroxylation sites is 1. The fourth-order valence-electron chi connectivity index (χ4n) is 3.35. The smallest absolute Gasteiger partial charge is 0.320 e. The molecule has 3 rings (SSSR count). The van der Waals surface area contributed by atoms with E-state index in [4.69, 9.17) is 0 Å². The lowest BCUT2D eigenvalue weighted by atomic mass is 9.81. The van der Waals surface area contributed by atoms with Gasteiger partial charge >= 0.3 is 6.03 Å². The summed E-state index contributed by atoms with van der Waals surface area (Å²) in [4.78, 5) is 25.5. The van der Waals surface area contributed by atoms with Crippen LogP contribution in [0.5, 0.6) is 0 Å². The molecule has 1 aliphatic carbocycles. The van der Waals surface area contributed by atoms with Gasteiger partial charge in [-0.3, -0.25) is 4.79 Å². The highest BCUT2D eigenvalue weighted by molar-refractivity contribution is 6.02. The largest absolute Gasteiger partial charge is 0.324 e. The molecule has 0 radical (unpaired) electrons. The van der Waals surface area contributed by atoms with E-state index in [1.807, 2.05) is 61.5 Å². The molecule has 136 valence electrons. The highest BCUT2D eigenvalue weighted by Gasteiger charge is 2.41. The van der Waals surface area contributed by atoms with Crippen molar-refractivity contribution >= 4 is 23.3 Å². The Labute approximate surface area is 154 Å². The first kappa shape index (κ1) is 18.0. The Kier molecular flexibility index (Phi) is 5.56. The molecule has 0 saturated heterocycles. The summed E-state index contributed by atoms with van der Waals surface area (Å²) in [5, 5.41) is 8.73. The first-order valence-corrected chi connectivity index (χ1v) is 9.10. The van der Waals surface area contributed by atoms with Crippen molar-refractivity contribution in [3.8, 4) is 0 Å². The molecule has 0 unspecified atom stereocenters. The number of nitrogens with one attached hydrogen (secondary N) is 3. The average Bonchev–Trinajstić information content (AvgIpc) is 2.65. The van der Waals surface area contributed by atoms with Crippen LogP contribution in [0.4, 0.5) is 16.2 Å². The lowest BCUT2D eigenvalue weighted by molar-refractivity contribution is -0.123. The summed E-state index contributed by atoms with van der Waals surface area (Å²) in [7, 11) is 0. The number of amides is 3. The summed E-state index contributed by atoms with van der Waals surface area (Å²) in [6.07, 6.45) is 4.22. The van der Waals surface area contributed by atoms with Crippen molar-refractivity contribution in [1.29, 1.82) is 0 Å². The van der Waals surface area contributed by atoms with Gasteiger partial charge in [-0.15, -0.1) is 0 Å². The van der Waals surface area contributed by atoms with E-state index in [9.17, 15) is 9.59 Å². The number of urea groups is 1. The first-order valence-electron chi connectivity index (χ1n) is 9.10. The van der Waals surface area contributed by atoms with Crippen LogP contribution in [0, 0.1) is 6.92 Å². The van der Waals surface area contributed by atoms with Gasteiger partial charge in [0.25, 0.3) is 0 Å². The van der Waals surface area contributed by atoms with Gasteiger partial charge in [-0.05, 0) is 44.0 Å². The molecular formula is C21H25N3O2. The highest BCUT2D eigenvalue weighted by atomic mass is 16.2. The van der Waals surface area contributed by atoms with Gasteiger partial charge in [0, 0.05) is 11.4 Å². The monoisotopic (exact) mass is 351 g/mol. The van der Waals surface area contributed by atoms with Gasteiger partial charge < -0.3 is 16.0 Å². The molecule has 5 nitrogen and oxygen atoms in total. The number of anilines is 2. The van der Waals surface area contributed by atoms with Crippen LogP contribution in [0.1, 0.15) is 37.7 Å². The summed E-state index contributed by atoms with van der Waals surface area (Å²) in [5.74, 6) is -0.151. The lowest BCUT2D eigenvalue weighted by Crippen LogP contribution is -2.58. The third-order valence-electron chi connectivity index (χ3n) is 4.84. The Hall–Kier alpha value is -2.82. The molecule has 0 spiro atoms. The molecule has 1 aliphatic rings. The van der Waals surface area contributed by atoms with Gasteiger partial charge in [-0.1, -0.05) is 55.2 Å². The van der Waals surface area contributed by atoms with E-state index in [0.29, 0.717) is 18.5 Å². The lowest BCUT2D eigenvalue weighted by Gasteiger charge is -2.36. The molecule has 0 atom stereocenters. The molecular weight excluding hydrogens is 326 g/mol. The summed E-state index contributed by atoms with van der Waals surface area (Å²) in [6, 6.07) is 16.6. The molecule has 3 amide bonds. The van der Waals surface area contributed by atoms with Crippen LogP contribution in [0.25, 0.3) is 0 Å². The van der Waals surface area contributed by atoms with Crippen molar-refractivity contribution in [2.45, 2.75) is 44.6 Å². The zero-order valence-corrected chi connectivity index (χ0v) is 15.0. The minimum absolute atomic E-state index is 0.151. The number of aryl methyl sites for hydroxylation is 1. The highest BCUT2D eigenvalue weighted by Crippen LogP contribution is 2.30. The minimum atomic E-state index is -0.872. The van der Waals surface area contributed by atoms with Crippen molar-refractivity contribution in [3.63, 3.8) is 0 Å². The van der Waals surface area contributed by atoms with Crippen LogP contribution >= 0.6 is 0 Å². The Balaban J connectivity index is 1.71. The normalized spacial score (nSPS) is 15.7. The maximum absolute atomic E-state index is 13.0. The Morgan fingerprint density at radius 1 is 0.808 bits per heavy atom. The number of rotatable bonds is 4. The first-order chi connectivity index (χ1) is 12.6. The van der Waals surface area contributed by atoms with Gasteiger partial charge in [0.1, 0.15) is 5.54 Å². The third-order valence-corrected chi connectivity index (χ3v) is 4.84. The number of hydrogen-bond donors (Lipinski definition) is 3. The molecule has 1 saturated carbocycles. The summed E-state index contributed by atoms with van der Waals surface area (Å²) >= 11 is 0. The number of benzene rings is 2. The molecule has 3 N–H and O–H groups in total. The van der Waals surface area contributed by atoms with E-state index in [2.05, 4.69) is 16.0 Å². The maximum atomic E-state index is 13.0. The van der Waals surface area contributed by atoms with E-state index in [1.165, 1.54) is 0 Å². The Morgan fingerprint density at radius 3 is 2.08 bits per heavy atom. The molecule has 5 heteroatoms. The second-order valence-electron chi connectivity index (χ2n) is 6.91. The predicted octanol–water partition coefficient (Wildman–Crippen LogP) is 4.46. The third kappa shape index (κ3) is 4.42. The van der Waals surface area contributed by atoms with Crippen LogP contribution in [-0.4, -0.2) is 17.5 Å². The van der Waals surface area contributed by atoms with Crippen LogP contribution in [0.3, 0.4) is 0 Å². The second-order valence-corrected chi connectivity index (χ2v) is 6.91. The van der Waals surface area contributed by atoms with Crippen molar-refractivity contribution in [3.05, 3.63) is 60.2 Å². The number of carbonyl (C=O) groups excluding carboxylic acids is 2. The molecule has 1 fully saturated rings. The Bertz CT molecular complexity index is 751. The second kappa shape index (κ2) is 8.04. The Morgan fingerprint density at radius 2 is 1.42 bits per heavy atom. The SMILES string of the molecule is Cc1ccc(NC(=O)NC2(C(=O)Nc3ccccc3)CCCCC2)cc1. The zero-order valence-electron chi connectivity index (χ0n) is 15.0. The number of carbonyl (C=O) groups is 2. The van der Waals surface area contributed by atoms with Crippen molar-refractivity contribution in [2.24, 2.45) is 0 Å². The van der Waals surface area contributed by atoms with E-state index >= 15 is 0 Å². The minimum Gasteiger partial charge on any atom is -0.324 e. The number of hydrogen-bond acceptors (Lipinski definition) is 2. The van der Waals surface area contributed by atoms with Crippen molar-refractivity contribution in [1.82, 2.24) is 5.32 Å². The van der Waals surface area contributed by atoms with Crippen LogP contribution < -0.4 is 16.0 Å². The molecule has 2 aromatic rings. The maximum Gasteiger partial charge on any atom is 0.320 e. The molecule has 26 heavy (non-hydrogen) atoms. The average molecular weight is 351 g/mol. The van der Waals surface area contributed by atoms with Gasteiger partial charge in [0.05, 0.1) is 0 Å². The predicted molar refractivity (Wildman–Crippen MR) is 104 cm³/mol. The fraction of sp³-hybridized carbons (Fsp3) is 0.333. The quantitative estimate of drug-likeness (QED) is 0.761. The van der Waals surface area contributed by atoms with Crippen LogP contribution in [0.15, 0.2) is 54.6 Å². The van der Waals surface area contributed by atoms with Crippen LogP contribution in [-0.2, 0) is 4.79 Å². The molecule has 0 heterocycles. The summed E-state index contributed by atoms with van der Waals surface area (Å²) in [5.41, 5.74) is 1.70. The van der Waals surface area contributed by atoms with Gasteiger partial charge in [0.15, 0.2) is 0 Å². The standard InChI is InChI=1S/C21H25N3O2/c1-16-10-12-18(13-11-16)23-20(26)24-21(14-6-3-7-15-21)19(25)22-17-8-4-2-5-9-17/h2,4-5,8-13H,3,6-7,14-15H2,1H3,(H,22,25)(H2,23,24,26). The van der Waals surface area contributed by atoms with Gasteiger partial charge in [-0.25, -0.2) is 4.79 Å². The van der Waals surface area contributed by atoms with E-state index in [1.54, 1.807) is 0 Å². The summed E-state index contributed by atoms with van der Waals surface area (Å²) < 4.78 is 0. The molecule has 2 aromatic carbocycles. The van der Waals surface area contributed by atoms with Crippen molar-refractivity contribution in [2.75, 3.05) is 10.6 Å². The van der Waals surface area contributed by atoms with E-state index in [0.717, 1.165) is 30.5 Å². The fourth-order valence-corrected chi connectivity index (χ4v) is 3.35.